The van der Waals surface area contributed by atoms with Crippen LogP contribution in [0.5, 0.6) is 0 Å². The van der Waals surface area contributed by atoms with Crippen molar-refractivity contribution >= 4 is 0 Å². The van der Waals surface area contributed by atoms with Crippen LogP contribution in [0, 0.1) is 17.8 Å². The Hall–Kier alpha value is -0.0400. The Morgan fingerprint density at radius 3 is 1.92 bits per heavy atom. The average molecular weight is 185 g/mol. The van der Waals surface area contributed by atoms with Crippen LogP contribution in [-0.2, 0) is 0 Å². The first-order valence-electron chi connectivity index (χ1n) is 5.76. The van der Waals surface area contributed by atoms with Gasteiger partial charge < -0.3 is 5.32 Å². The van der Waals surface area contributed by atoms with Crippen molar-refractivity contribution in [2.45, 2.75) is 47.5 Å². The van der Waals surface area contributed by atoms with Gasteiger partial charge >= 0.3 is 0 Å². The van der Waals surface area contributed by atoms with Gasteiger partial charge in [-0.1, -0.05) is 41.0 Å². The summed E-state index contributed by atoms with van der Waals surface area (Å²) in [5.41, 5.74) is 0. The highest BCUT2D eigenvalue weighted by Crippen LogP contribution is 2.09. The van der Waals surface area contributed by atoms with Crippen LogP contribution < -0.4 is 5.32 Å². The highest BCUT2D eigenvalue weighted by Gasteiger charge is 2.05. The van der Waals surface area contributed by atoms with Crippen LogP contribution in [0.1, 0.15) is 47.5 Å². The van der Waals surface area contributed by atoms with Crippen LogP contribution in [0.15, 0.2) is 0 Å². The summed E-state index contributed by atoms with van der Waals surface area (Å²) in [6.45, 7) is 13.9. The van der Waals surface area contributed by atoms with Gasteiger partial charge in [0.2, 0.25) is 0 Å². The van der Waals surface area contributed by atoms with Crippen molar-refractivity contribution < 1.29 is 0 Å². The van der Waals surface area contributed by atoms with Crippen LogP contribution in [0.3, 0.4) is 0 Å². The fourth-order valence-electron chi connectivity index (χ4n) is 1.61. The van der Waals surface area contributed by atoms with Crippen LogP contribution >= 0.6 is 0 Å². The Morgan fingerprint density at radius 2 is 1.46 bits per heavy atom. The van der Waals surface area contributed by atoms with Crippen molar-refractivity contribution in [1.82, 2.24) is 5.32 Å². The monoisotopic (exact) mass is 185 g/mol. The summed E-state index contributed by atoms with van der Waals surface area (Å²) in [4.78, 5) is 0. The lowest BCUT2D eigenvalue weighted by Crippen LogP contribution is -2.26. The molecule has 80 valence electrons. The second-order valence-corrected chi connectivity index (χ2v) is 4.91. The first-order valence-corrected chi connectivity index (χ1v) is 5.76. The van der Waals surface area contributed by atoms with Gasteiger partial charge in [-0.3, -0.25) is 0 Å². The largest absolute Gasteiger partial charge is 0.316 e. The van der Waals surface area contributed by atoms with Gasteiger partial charge in [0, 0.05) is 0 Å². The predicted molar refractivity (Wildman–Crippen MR) is 60.9 cm³/mol. The molecule has 0 aromatic carbocycles. The fraction of sp³-hybridized carbons (Fsp3) is 1.00. The number of rotatable bonds is 7. The molecule has 0 saturated heterocycles. The molecular formula is C12H27N. The summed E-state index contributed by atoms with van der Waals surface area (Å²) in [7, 11) is 0. The van der Waals surface area contributed by atoms with E-state index in [2.05, 4.69) is 39.9 Å². The third-order valence-corrected chi connectivity index (χ3v) is 2.56. The van der Waals surface area contributed by atoms with Gasteiger partial charge in [-0.2, -0.15) is 0 Å². The van der Waals surface area contributed by atoms with E-state index in [1.165, 1.54) is 25.9 Å². The summed E-state index contributed by atoms with van der Waals surface area (Å²) in [6.07, 6.45) is 2.62. The van der Waals surface area contributed by atoms with Gasteiger partial charge in [-0.15, -0.1) is 0 Å². The predicted octanol–water partition coefficient (Wildman–Crippen LogP) is 3.30. The lowest BCUT2D eigenvalue weighted by molar-refractivity contribution is 0.395. The fourth-order valence-corrected chi connectivity index (χ4v) is 1.61. The molecule has 0 heterocycles. The molecule has 0 fully saturated rings. The van der Waals surface area contributed by atoms with Crippen molar-refractivity contribution in [3.05, 3.63) is 0 Å². The van der Waals surface area contributed by atoms with Gasteiger partial charge in [0.05, 0.1) is 0 Å². The van der Waals surface area contributed by atoms with Crippen LogP contribution in [-0.4, -0.2) is 13.1 Å². The van der Waals surface area contributed by atoms with E-state index in [0.29, 0.717) is 0 Å². The number of nitrogens with one attached hydrogen (secondary N) is 1. The van der Waals surface area contributed by atoms with Crippen molar-refractivity contribution in [2.24, 2.45) is 17.8 Å². The molecule has 13 heavy (non-hydrogen) atoms. The Kier molecular flexibility index (Phi) is 7.35. The molecule has 1 nitrogen and oxygen atoms in total. The van der Waals surface area contributed by atoms with Gasteiger partial charge in [0.15, 0.2) is 0 Å². The molecule has 0 rings (SSSR count). The number of hydrogen-bond acceptors (Lipinski definition) is 1. The van der Waals surface area contributed by atoms with Crippen LogP contribution in [0.4, 0.5) is 0 Å². The van der Waals surface area contributed by atoms with E-state index in [4.69, 9.17) is 0 Å². The van der Waals surface area contributed by atoms with Crippen molar-refractivity contribution in [3.8, 4) is 0 Å². The molecular weight excluding hydrogens is 158 g/mol. The summed E-state index contributed by atoms with van der Waals surface area (Å²) >= 11 is 0. The van der Waals surface area contributed by atoms with E-state index >= 15 is 0 Å². The second kappa shape index (κ2) is 7.37. The molecule has 1 heteroatoms. The topological polar surface area (TPSA) is 12.0 Å². The maximum Gasteiger partial charge on any atom is -0.00229 e. The molecule has 0 radical (unpaired) electrons. The van der Waals surface area contributed by atoms with Gasteiger partial charge in [-0.25, -0.2) is 0 Å². The highest BCUT2D eigenvalue weighted by atomic mass is 14.9. The summed E-state index contributed by atoms with van der Waals surface area (Å²) in [5, 5.41) is 3.54. The van der Waals surface area contributed by atoms with Crippen LogP contribution in [0.2, 0.25) is 0 Å². The lowest BCUT2D eigenvalue weighted by Gasteiger charge is -2.16. The molecule has 0 aliphatic carbocycles. The van der Waals surface area contributed by atoms with E-state index in [-0.39, 0.29) is 0 Å². The summed E-state index contributed by atoms with van der Waals surface area (Å²) in [5.74, 6) is 2.48. The van der Waals surface area contributed by atoms with Crippen molar-refractivity contribution in [3.63, 3.8) is 0 Å². The quantitative estimate of drug-likeness (QED) is 0.641. The third-order valence-electron chi connectivity index (χ3n) is 2.56. The molecule has 0 saturated carbocycles. The molecule has 2 atom stereocenters. The first kappa shape index (κ1) is 13.0. The Morgan fingerprint density at radius 1 is 0.923 bits per heavy atom. The molecule has 0 bridgehead atoms. The van der Waals surface area contributed by atoms with Crippen molar-refractivity contribution in [2.75, 3.05) is 13.1 Å². The smallest absolute Gasteiger partial charge is 0.00229 e. The number of hydrogen-bond donors (Lipinski definition) is 1. The molecule has 0 aliphatic heterocycles. The molecule has 0 aromatic heterocycles. The second-order valence-electron chi connectivity index (χ2n) is 4.91. The van der Waals surface area contributed by atoms with Gasteiger partial charge in [-0.05, 0) is 37.3 Å². The zero-order chi connectivity index (χ0) is 10.3. The molecule has 0 spiro atoms. The highest BCUT2D eigenvalue weighted by molar-refractivity contribution is 4.61. The molecule has 0 aromatic rings. The third kappa shape index (κ3) is 8.29. The Labute approximate surface area is 84.3 Å². The van der Waals surface area contributed by atoms with E-state index in [1.807, 2.05) is 0 Å². The molecule has 0 unspecified atom stereocenters. The minimum absolute atomic E-state index is 0.823. The molecule has 0 amide bonds. The van der Waals surface area contributed by atoms with E-state index < -0.39 is 0 Å². The lowest BCUT2D eigenvalue weighted by atomic mass is 9.99. The van der Waals surface area contributed by atoms with Gasteiger partial charge in [0.25, 0.3) is 0 Å². The zero-order valence-electron chi connectivity index (χ0n) is 10.1. The van der Waals surface area contributed by atoms with E-state index in [0.717, 1.165) is 17.8 Å². The summed E-state index contributed by atoms with van der Waals surface area (Å²) in [6, 6.07) is 0. The molecule has 1 N–H and O–H groups in total. The maximum absolute atomic E-state index is 3.54. The minimum Gasteiger partial charge on any atom is -0.316 e. The van der Waals surface area contributed by atoms with Gasteiger partial charge in [0.1, 0.15) is 0 Å². The maximum atomic E-state index is 3.54. The SMILES string of the molecule is CC[C@@H](C)CNC[C@H](C)CC(C)C. The van der Waals surface area contributed by atoms with Crippen molar-refractivity contribution in [1.29, 1.82) is 0 Å². The Balaban J connectivity index is 3.31. The standard InChI is InChI=1S/C12H27N/c1-6-11(4)8-13-9-12(5)7-10(2)3/h10-13H,6-9H2,1-5H3/t11-,12-/m1/s1. The van der Waals surface area contributed by atoms with E-state index in [9.17, 15) is 0 Å². The zero-order valence-corrected chi connectivity index (χ0v) is 10.1. The van der Waals surface area contributed by atoms with Crippen LogP contribution in [0.25, 0.3) is 0 Å². The molecule has 0 aliphatic rings. The normalized spacial score (nSPS) is 16.2. The Bertz CT molecular complexity index is 110. The summed E-state index contributed by atoms with van der Waals surface area (Å²) < 4.78 is 0. The van der Waals surface area contributed by atoms with E-state index in [1.54, 1.807) is 0 Å². The average Bonchev–Trinajstić information content (AvgIpc) is 2.02. The first-order chi connectivity index (χ1) is 6.06. The minimum atomic E-state index is 0.823.